The maximum Gasteiger partial charge on any atom is 0.0417 e. The van der Waals surface area contributed by atoms with Crippen LogP contribution in [0, 0.1) is 0 Å². The summed E-state index contributed by atoms with van der Waals surface area (Å²) in [5.41, 5.74) is 8.52. The molecular formula is C14H12Br2ClN. The van der Waals surface area contributed by atoms with E-state index in [1.54, 1.807) is 0 Å². The van der Waals surface area contributed by atoms with E-state index < -0.39 is 0 Å². The largest absolute Gasteiger partial charge is 0.324 e. The Hall–Kier alpha value is -0.350. The van der Waals surface area contributed by atoms with Gasteiger partial charge in [0.25, 0.3) is 0 Å². The monoisotopic (exact) mass is 387 g/mol. The van der Waals surface area contributed by atoms with Gasteiger partial charge in [0.2, 0.25) is 0 Å². The van der Waals surface area contributed by atoms with Crippen LogP contribution >= 0.6 is 43.5 Å². The molecule has 1 atom stereocenters. The Bertz CT molecular complexity index is 557. The van der Waals surface area contributed by atoms with Gasteiger partial charge in [-0.25, -0.2) is 0 Å². The predicted molar refractivity (Wildman–Crippen MR) is 83.9 cm³/mol. The van der Waals surface area contributed by atoms with Gasteiger partial charge < -0.3 is 5.73 Å². The van der Waals surface area contributed by atoms with Crippen molar-refractivity contribution in [1.29, 1.82) is 0 Å². The summed E-state index contributed by atoms with van der Waals surface area (Å²) in [5.74, 6) is 0. The Balaban J connectivity index is 2.22. The van der Waals surface area contributed by atoms with Gasteiger partial charge in [-0.05, 0) is 35.7 Å². The molecule has 0 aliphatic carbocycles. The van der Waals surface area contributed by atoms with Crippen molar-refractivity contribution < 1.29 is 0 Å². The molecule has 1 nitrogen and oxygen atoms in total. The van der Waals surface area contributed by atoms with E-state index in [0.29, 0.717) is 5.02 Å². The van der Waals surface area contributed by atoms with Gasteiger partial charge in [-0.2, -0.15) is 0 Å². The first-order chi connectivity index (χ1) is 8.58. The zero-order valence-electron chi connectivity index (χ0n) is 9.54. The number of hydrogen-bond donors (Lipinski definition) is 1. The van der Waals surface area contributed by atoms with Crippen LogP contribution in [0.1, 0.15) is 17.2 Å². The van der Waals surface area contributed by atoms with Crippen molar-refractivity contribution in [3.8, 4) is 0 Å². The van der Waals surface area contributed by atoms with E-state index in [9.17, 15) is 0 Å². The molecule has 0 bridgehead atoms. The molecule has 0 aliphatic heterocycles. The summed E-state index contributed by atoms with van der Waals surface area (Å²) in [5, 5.41) is 0.707. The Morgan fingerprint density at radius 1 is 1.06 bits per heavy atom. The van der Waals surface area contributed by atoms with Crippen LogP contribution in [0.5, 0.6) is 0 Å². The van der Waals surface area contributed by atoms with Gasteiger partial charge in [0.1, 0.15) is 0 Å². The van der Waals surface area contributed by atoms with Crippen molar-refractivity contribution in [2.45, 2.75) is 12.5 Å². The molecule has 0 saturated carbocycles. The highest BCUT2D eigenvalue weighted by molar-refractivity contribution is 9.10. The lowest BCUT2D eigenvalue weighted by atomic mass is 10.00. The smallest absolute Gasteiger partial charge is 0.0417 e. The summed E-state index contributed by atoms with van der Waals surface area (Å²) >= 11 is 13.0. The lowest BCUT2D eigenvalue weighted by molar-refractivity contribution is 0.716. The second kappa shape index (κ2) is 6.20. The zero-order chi connectivity index (χ0) is 13.1. The highest BCUT2D eigenvalue weighted by atomic mass is 79.9. The molecule has 94 valence electrons. The molecule has 2 aromatic carbocycles. The average molecular weight is 390 g/mol. The SMILES string of the molecule is NC(Cc1ccccc1Br)c1ccc(Cl)cc1Br. The fraction of sp³-hybridized carbons (Fsp3) is 0.143. The van der Waals surface area contributed by atoms with Crippen molar-refractivity contribution in [3.05, 3.63) is 67.6 Å². The van der Waals surface area contributed by atoms with Crippen molar-refractivity contribution >= 4 is 43.5 Å². The summed E-state index contributed by atoms with van der Waals surface area (Å²) in [6.07, 6.45) is 0.779. The summed E-state index contributed by atoms with van der Waals surface area (Å²) in [6.45, 7) is 0. The molecule has 2 rings (SSSR count). The van der Waals surface area contributed by atoms with Crippen molar-refractivity contribution in [1.82, 2.24) is 0 Å². The van der Waals surface area contributed by atoms with Crippen LogP contribution < -0.4 is 5.73 Å². The van der Waals surface area contributed by atoms with Crippen LogP contribution in [0.15, 0.2) is 51.4 Å². The molecule has 0 amide bonds. The minimum atomic E-state index is -0.0599. The van der Waals surface area contributed by atoms with E-state index in [0.717, 1.165) is 20.9 Å². The second-order valence-electron chi connectivity index (χ2n) is 4.07. The third kappa shape index (κ3) is 3.35. The van der Waals surface area contributed by atoms with Gasteiger partial charge in [0.15, 0.2) is 0 Å². The zero-order valence-corrected chi connectivity index (χ0v) is 13.5. The van der Waals surface area contributed by atoms with Crippen LogP contribution in [-0.2, 0) is 6.42 Å². The minimum absolute atomic E-state index is 0.0599. The molecule has 0 aliphatic rings. The van der Waals surface area contributed by atoms with Gasteiger partial charge in [-0.1, -0.05) is 67.7 Å². The van der Waals surface area contributed by atoms with Crippen LogP contribution in [0.2, 0.25) is 5.02 Å². The fourth-order valence-electron chi connectivity index (χ4n) is 1.81. The maximum atomic E-state index is 6.25. The molecule has 0 fully saturated rings. The molecular weight excluding hydrogens is 377 g/mol. The molecule has 0 aromatic heterocycles. The quantitative estimate of drug-likeness (QED) is 0.776. The first-order valence-electron chi connectivity index (χ1n) is 5.52. The van der Waals surface area contributed by atoms with E-state index in [1.165, 1.54) is 5.56 Å². The highest BCUT2D eigenvalue weighted by Crippen LogP contribution is 2.29. The average Bonchev–Trinajstić information content (AvgIpc) is 2.32. The van der Waals surface area contributed by atoms with E-state index in [1.807, 2.05) is 36.4 Å². The summed E-state index contributed by atoms with van der Waals surface area (Å²) in [7, 11) is 0. The van der Waals surface area contributed by atoms with E-state index in [-0.39, 0.29) is 6.04 Å². The topological polar surface area (TPSA) is 26.0 Å². The highest BCUT2D eigenvalue weighted by Gasteiger charge is 2.12. The Morgan fingerprint density at radius 3 is 2.44 bits per heavy atom. The second-order valence-corrected chi connectivity index (χ2v) is 6.21. The van der Waals surface area contributed by atoms with Crippen LogP contribution in [-0.4, -0.2) is 0 Å². The standard InChI is InChI=1S/C14H12Br2ClN/c15-12-4-2-1-3-9(12)7-14(18)11-6-5-10(17)8-13(11)16/h1-6,8,14H,7,18H2. The summed E-state index contributed by atoms with van der Waals surface area (Å²) in [6, 6.07) is 13.8. The Morgan fingerprint density at radius 2 is 1.78 bits per heavy atom. The van der Waals surface area contributed by atoms with Gasteiger partial charge in [-0.15, -0.1) is 0 Å². The Labute approximate surface area is 129 Å². The third-order valence-corrected chi connectivity index (χ3v) is 4.46. The van der Waals surface area contributed by atoms with E-state index in [4.69, 9.17) is 17.3 Å². The number of halogens is 3. The van der Waals surface area contributed by atoms with Gasteiger partial charge >= 0.3 is 0 Å². The van der Waals surface area contributed by atoms with Gasteiger partial charge in [0.05, 0.1) is 0 Å². The fourth-order valence-corrected chi connectivity index (χ4v) is 3.24. The number of nitrogens with two attached hydrogens (primary N) is 1. The molecule has 18 heavy (non-hydrogen) atoms. The number of hydrogen-bond acceptors (Lipinski definition) is 1. The lowest BCUT2D eigenvalue weighted by Crippen LogP contribution is -2.14. The first kappa shape index (κ1) is 14.1. The maximum absolute atomic E-state index is 6.25. The van der Waals surface area contributed by atoms with Gasteiger partial charge in [-0.3, -0.25) is 0 Å². The molecule has 4 heteroatoms. The normalized spacial score (nSPS) is 12.4. The third-order valence-electron chi connectivity index (χ3n) is 2.76. The van der Waals surface area contributed by atoms with Crippen molar-refractivity contribution in [2.24, 2.45) is 5.73 Å². The molecule has 0 radical (unpaired) electrons. The lowest BCUT2D eigenvalue weighted by Gasteiger charge is -2.15. The summed E-state index contributed by atoms with van der Waals surface area (Å²) < 4.78 is 2.04. The summed E-state index contributed by atoms with van der Waals surface area (Å²) in [4.78, 5) is 0. The van der Waals surface area contributed by atoms with Gasteiger partial charge in [0, 0.05) is 20.0 Å². The number of benzene rings is 2. The molecule has 0 saturated heterocycles. The number of rotatable bonds is 3. The van der Waals surface area contributed by atoms with Crippen LogP contribution in [0.4, 0.5) is 0 Å². The van der Waals surface area contributed by atoms with Crippen molar-refractivity contribution in [3.63, 3.8) is 0 Å². The molecule has 0 spiro atoms. The predicted octanol–water partition coefficient (Wildman–Crippen LogP) is 5.11. The van der Waals surface area contributed by atoms with Crippen molar-refractivity contribution in [2.75, 3.05) is 0 Å². The minimum Gasteiger partial charge on any atom is -0.324 e. The molecule has 2 N–H and O–H groups in total. The molecule has 1 unspecified atom stereocenters. The Kier molecular flexibility index (Phi) is 4.84. The van der Waals surface area contributed by atoms with E-state index >= 15 is 0 Å². The molecule has 2 aromatic rings. The molecule has 0 heterocycles. The first-order valence-corrected chi connectivity index (χ1v) is 7.48. The van der Waals surface area contributed by atoms with Crippen LogP contribution in [0.3, 0.4) is 0 Å². The van der Waals surface area contributed by atoms with Crippen LogP contribution in [0.25, 0.3) is 0 Å². The van der Waals surface area contributed by atoms with E-state index in [2.05, 4.69) is 37.9 Å².